The monoisotopic (exact) mass is 312 g/mol. The molecule has 0 bridgehead atoms. The quantitative estimate of drug-likeness (QED) is 0.457. The molecule has 0 spiro atoms. The molecule has 0 aliphatic rings. The molecule has 18 heavy (non-hydrogen) atoms. The Kier molecular flexibility index (Phi) is 6.18. The van der Waals surface area contributed by atoms with Gasteiger partial charge >= 0.3 is 0 Å². The Labute approximate surface area is 115 Å². The van der Waals surface area contributed by atoms with Crippen molar-refractivity contribution in [3.8, 4) is 0 Å². The number of carbonyl (C=O) groups excluding carboxylic acids is 2. The summed E-state index contributed by atoms with van der Waals surface area (Å²) in [5.74, 6) is -0.199. The summed E-state index contributed by atoms with van der Waals surface area (Å²) in [6, 6.07) is 4.39. The van der Waals surface area contributed by atoms with Crippen molar-refractivity contribution in [2.24, 2.45) is 11.5 Å². The molecule has 0 aliphatic carbocycles. The van der Waals surface area contributed by atoms with Gasteiger partial charge in [-0.1, -0.05) is 22.4 Å². The summed E-state index contributed by atoms with van der Waals surface area (Å²) in [6.45, 7) is 0.595. The largest absolute Gasteiger partial charge is 0.330 e. The Balaban J connectivity index is 2.82. The average molecular weight is 313 g/mol. The summed E-state index contributed by atoms with van der Waals surface area (Å²) < 4.78 is 0.755. The molecule has 0 saturated heterocycles. The first-order valence-corrected chi connectivity index (χ1v) is 6.64. The van der Waals surface area contributed by atoms with E-state index >= 15 is 0 Å². The molecule has 98 valence electrons. The second-order valence-corrected chi connectivity index (χ2v) is 5.02. The van der Waals surface area contributed by atoms with Gasteiger partial charge in [-0.3, -0.25) is 9.59 Å². The molecule has 0 aliphatic heterocycles. The van der Waals surface area contributed by atoms with Crippen LogP contribution in [0.4, 0.5) is 0 Å². The molecule has 4 N–H and O–H groups in total. The van der Waals surface area contributed by atoms with Crippen LogP contribution in [0.25, 0.3) is 0 Å². The van der Waals surface area contributed by atoms with Gasteiger partial charge in [-0.2, -0.15) is 0 Å². The number of Topliss-reactive ketones (excluding diaryl/α,β-unsaturated/α-hetero) is 1. The number of nitrogens with two attached hydrogens (primary N) is 2. The van der Waals surface area contributed by atoms with E-state index in [0.717, 1.165) is 17.3 Å². The summed E-state index contributed by atoms with van der Waals surface area (Å²) in [5.41, 5.74) is 12.0. The van der Waals surface area contributed by atoms with Crippen LogP contribution in [0.1, 0.15) is 40.0 Å². The highest BCUT2D eigenvalue weighted by atomic mass is 79.9. The van der Waals surface area contributed by atoms with E-state index in [4.69, 9.17) is 11.5 Å². The van der Waals surface area contributed by atoms with E-state index in [1.165, 1.54) is 0 Å². The molecule has 0 fully saturated rings. The van der Waals surface area contributed by atoms with Gasteiger partial charge in [-0.15, -0.1) is 0 Å². The SMILES string of the molecule is NCCCC[C@@H](N)C(=O)c1cc(Br)ccc1C=O. The van der Waals surface area contributed by atoms with Gasteiger partial charge in [-0.25, -0.2) is 0 Å². The van der Waals surface area contributed by atoms with Gasteiger partial charge in [-0.05, 0) is 37.6 Å². The van der Waals surface area contributed by atoms with Crippen LogP contribution >= 0.6 is 15.9 Å². The summed E-state index contributed by atoms with van der Waals surface area (Å²) >= 11 is 3.28. The standard InChI is InChI=1S/C13H17BrN2O2/c14-10-5-4-9(8-17)11(7-10)13(18)12(16)3-1-2-6-15/h4-5,7-8,12H,1-3,6,15-16H2/t12-/m1/s1. The highest BCUT2D eigenvalue weighted by Gasteiger charge is 2.18. The molecule has 1 aromatic carbocycles. The second-order valence-electron chi connectivity index (χ2n) is 4.10. The molecule has 1 rings (SSSR count). The van der Waals surface area contributed by atoms with Crippen LogP contribution in [0.3, 0.4) is 0 Å². The van der Waals surface area contributed by atoms with Crippen molar-refractivity contribution in [1.82, 2.24) is 0 Å². The van der Waals surface area contributed by atoms with Crippen LogP contribution in [-0.2, 0) is 0 Å². The molecule has 0 amide bonds. The van der Waals surface area contributed by atoms with Crippen molar-refractivity contribution in [2.75, 3.05) is 6.54 Å². The van der Waals surface area contributed by atoms with Gasteiger partial charge in [0.05, 0.1) is 6.04 Å². The summed E-state index contributed by atoms with van der Waals surface area (Å²) in [5, 5.41) is 0. The van der Waals surface area contributed by atoms with Crippen LogP contribution in [0.15, 0.2) is 22.7 Å². The number of benzene rings is 1. The van der Waals surface area contributed by atoms with Gasteiger partial charge in [0.2, 0.25) is 0 Å². The molecule has 4 nitrogen and oxygen atoms in total. The van der Waals surface area contributed by atoms with Gasteiger partial charge in [0, 0.05) is 15.6 Å². The fourth-order valence-electron chi connectivity index (χ4n) is 1.68. The predicted molar refractivity (Wildman–Crippen MR) is 74.7 cm³/mol. The molecule has 0 radical (unpaired) electrons. The van der Waals surface area contributed by atoms with Crippen molar-refractivity contribution >= 4 is 28.0 Å². The van der Waals surface area contributed by atoms with E-state index in [0.29, 0.717) is 30.4 Å². The second kappa shape index (κ2) is 7.41. The fourth-order valence-corrected chi connectivity index (χ4v) is 2.05. The highest BCUT2D eigenvalue weighted by Crippen LogP contribution is 2.18. The first-order valence-electron chi connectivity index (χ1n) is 5.84. The van der Waals surface area contributed by atoms with Crippen molar-refractivity contribution in [3.63, 3.8) is 0 Å². The molecule has 0 heterocycles. The summed E-state index contributed by atoms with van der Waals surface area (Å²) in [4.78, 5) is 23.0. The minimum absolute atomic E-state index is 0.199. The minimum Gasteiger partial charge on any atom is -0.330 e. The Morgan fingerprint density at radius 1 is 1.39 bits per heavy atom. The first-order chi connectivity index (χ1) is 8.60. The van der Waals surface area contributed by atoms with Crippen LogP contribution in [0.5, 0.6) is 0 Å². The Bertz CT molecular complexity index is 435. The lowest BCUT2D eigenvalue weighted by Gasteiger charge is -2.12. The van der Waals surface area contributed by atoms with E-state index in [-0.39, 0.29) is 5.78 Å². The average Bonchev–Trinajstić information content (AvgIpc) is 2.38. The third-order valence-electron chi connectivity index (χ3n) is 2.71. The number of ketones is 1. The minimum atomic E-state index is -0.579. The lowest BCUT2D eigenvalue weighted by atomic mass is 9.97. The van der Waals surface area contributed by atoms with Gasteiger partial charge in [0.1, 0.15) is 0 Å². The Hall–Kier alpha value is -1.04. The third-order valence-corrected chi connectivity index (χ3v) is 3.21. The van der Waals surface area contributed by atoms with E-state index in [1.54, 1.807) is 18.2 Å². The maximum absolute atomic E-state index is 12.1. The van der Waals surface area contributed by atoms with Crippen molar-refractivity contribution in [3.05, 3.63) is 33.8 Å². The number of halogens is 1. The third kappa shape index (κ3) is 4.01. The van der Waals surface area contributed by atoms with E-state index in [1.807, 2.05) is 0 Å². The van der Waals surface area contributed by atoms with Gasteiger partial charge < -0.3 is 11.5 Å². The van der Waals surface area contributed by atoms with Crippen LogP contribution in [-0.4, -0.2) is 24.7 Å². The van der Waals surface area contributed by atoms with Crippen molar-refractivity contribution in [2.45, 2.75) is 25.3 Å². The van der Waals surface area contributed by atoms with Crippen molar-refractivity contribution < 1.29 is 9.59 Å². The maximum atomic E-state index is 12.1. The molecule has 0 aromatic heterocycles. The smallest absolute Gasteiger partial charge is 0.180 e. The van der Waals surface area contributed by atoms with Gasteiger partial charge in [0.15, 0.2) is 12.1 Å². The fraction of sp³-hybridized carbons (Fsp3) is 0.385. The highest BCUT2D eigenvalue weighted by molar-refractivity contribution is 9.10. The summed E-state index contributed by atoms with van der Waals surface area (Å²) in [6.07, 6.45) is 2.92. The van der Waals surface area contributed by atoms with E-state index in [9.17, 15) is 9.59 Å². The number of hydrogen-bond donors (Lipinski definition) is 2. The maximum Gasteiger partial charge on any atom is 0.180 e. The Morgan fingerprint density at radius 2 is 2.11 bits per heavy atom. The summed E-state index contributed by atoms with van der Waals surface area (Å²) in [7, 11) is 0. The lowest BCUT2D eigenvalue weighted by molar-refractivity contribution is 0.0950. The normalized spacial score (nSPS) is 12.2. The zero-order valence-corrected chi connectivity index (χ0v) is 11.7. The molecule has 1 atom stereocenters. The number of unbranched alkanes of at least 4 members (excludes halogenated alkanes) is 1. The number of hydrogen-bond acceptors (Lipinski definition) is 4. The molecule has 0 saturated carbocycles. The van der Waals surface area contributed by atoms with E-state index < -0.39 is 6.04 Å². The van der Waals surface area contributed by atoms with E-state index in [2.05, 4.69) is 15.9 Å². The predicted octanol–water partition coefficient (Wildman–Crippen LogP) is 1.90. The Morgan fingerprint density at radius 3 is 2.72 bits per heavy atom. The number of rotatable bonds is 7. The molecular weight excluding hydrogens is 296 g/mol. The molecule has 5 heteroatoms. The van der Waals surface area contributed by atoms with Crippen molar-refractivity contribution in [1.29, 1.82) is 0 Å². The van der Waals surface area contributed by atoms with Gasteiger partial charge in [0.25, 0.3) is 0 Å². The molecule has 1 aromatic rings. The first kappa shape index (κ1) is 15.0. The number of aldehydes is 1. The van der Waals surface area contributed by atoms with Crippen LogP contribution in [0.2, 0.25) is 0 Å². The topological polar surface area (TPSA) is 86.2 Å². The molecule has 0 unspecified atom stereocenters. The van der Waals surface area contributed by atoms with Crippen LogP contribution in [0, 0.1) is 0 Å². The zero-order chi connectivity index (χ0) is 13.5. The molecular formula is C13H17BrN2O2. The lowest BCUT2D eigenvalue weighted by Crippen LogP contribution is -2.31. The zero-order valence-electron chi connectivity index (χ0n) is 10.1. The van der Waals surface area contributed by atoms with Crippen LogP contribution < -0.4 is 11.5 Å². The number of carbonyl (C=O) groups is 2.